The van der Waals surface area contributed by atoms with Gasteiger partial charge in [0.05, 0.1) is 17.8 Å². The van der Waals surface area contributed by atoms with Crippen LogP contribution in [0.2, 0.25) is 0 Å². The van der Waals surface area contributed by atoms with Gasteiger partial charge in [-0.3, -0.25) is 4.79 Å². The number of Topliss-reactive ketones (excluding diaryl/α,β-unsaturated/α-hetero) is 1. The minimum Gasteiger partial charge on any atom is -0.363 e. The van der Waals surface area contributed by atoms with Gasteiger partial charge in [-0.25, -0.2) is 4.39 Å². The lowest BCUT2D eigenvalue weighted by Gasteiger charge is -2.28. The molecule has 1 fully saturated rings. The summed E-state index contributed by atoms with van der Waals surface area (Å²) < 4.78 is 12.9. The van der Waals surface area contributed by atoms with Gasteiger partial charge < -0.3 is 4.90 Å². The highest BCUT2D eigenvalue weighted by molar-refractivity contribution is 5.85. The molecule has 0 saturated carbocycles. The first kappa shape index (κ1) is 10.6. The van der Waals surface area contributed by atoms with Crippen LogP contribution in [0.1, 0.15) is 18.4 Å². The molecule has 0 aliphatic carbocycles. The Bertz CT molecular complexity index is 465. The van der Waals surface area contributed by atoms with Crippen molar-refractivity contribution in [2.45, 2.75) is 12.8 Å². The predicted molar refractivity (Wildman–Crippen MR) is 57.6 cm³/mol. The van der Waals surface area contributed by atoms with Crippen LogP contribution < -0.4 is 4.90 Å². The quantitative estimate of drug-likeness (QED) is 0.722. The van der Waals surface area contributed by atoms with E-state index in [0.29, 0.717) is 18.7 Å². The molecule has 16 heavy (non-hydrogen) atoms. The molecule has 1 aliphatic heterocycles. The molecule has 0 bridgehead atoms. The van der Waals surface area contributed by atoms with Crippen LogP contribution in [0.4, 0.5) is 10.1 Å². The fraction of sp³-hybridized carbons (Fsp3) is 0.333. The number of benzene rings is 1. The zero-order chi connectivity index (χ0) is 11.5. The second-order valence-electron chi connectivity index (χ2n) is 3.84. The van der Waals surface area contributed by atoms with E-state index in [4.69, 9.17) is 5.26 Å². The minimum absolute atomic E-state index is 0.166. The van der Waals surface area contributed by atoms with Crippen LogP contribution in [0, 0.1) is 17.1 Å². The van der Waals surface area contributed by atoms with Crippen LogP contribution in [0.15, 0.2) is 18.2 Å². The molecular formula is C12H11FN2O. The van der Waals surface area contributed by atoms with Crippen LogP contribution in [-0.4, -0.2) is 18.9 Å². The van der Waals surface area contributed by atoms with Gasteiger partial charge in [0.2, 0.25) is 0 Å². The van der Waals surface area contributed by atoms with Gasteiger partial charge >= 0.3 is 0 Å². The third-order valence-corrected chi connectivity index (χ3v) is 2.67. The molecule has 1 heterocycles. The van der Waals surface area contributed by atoms with Crippen molar-refractivity contribution in [3.63, 3.8) is 0 Å². The van der Waals surface area contributed by atoms with Crippen LogP contribution in [-0.2, 0) is 4.79 Å². The van der Waals surface area contributed by atoms with E-state index in [2.05, 4.69) is 0 Å². The van der Waals surface area contributed by atoms with Gasteiger partial charge in [0.1, 0.15) is 11.9 Å². The molecule has 2 rings (SSSR count). The number of hydrogen-bond donors (Lipinski definition) is 0. The Morgan fingerprint density at radius 1 is 1.44 bits per heavy atom. The van der Waals surface area contributed by atoms with E-state index in [-0.39, 0.29) is 11.3 Å². The number of anilines is 1. The van der Waals surface area contributed by atoms with Gasteiger partial charge in [-0.05, 0) is 24.6 Å². The monoisotopic (exact) mass is 218 g/mol. The molecule has 4 heteroatoms. The van der Waals surface area contributed by atoms with Crippen molar-refractivity contribution in [1.82, 2.24) is 0 Å². The first-order chi connectivity index (χ1) is 7.70. The lowest BCUT2D eigenvalue weighted by molar-refractivity contribution is -0.118. The number of hydrogen-bond acceptors (Lipinski definition) is 3. The molecule has 1 aromatic carbocycles. The SMILES string of the molecule is N#Cc1cc(F)ccc1N1CCCC(=O)C1. The lowest BCUT2D eigenvalue weighted by Crippen LogP contribution is -2.35. The van der Waals surface area contributed by atoms with E-state index in [1.54, 1.807) is 6.07 Å². The normalized spacial score (nSPS) is 16.0. The maximum Gasteiger partial charge on any atom is 0.152 e. The Labute approximate surface area is 93.1 Å². The minimum atomic E-state index is -0.427. The Hall–Kier alpha value is -1.89. The molecule has 0 spiro atoms. The van der Waals surface area contributed by atoms with Crippen LogP contribution >= 0.6 is 0 Å². The maximum absolute atomic E-state index is 12.9. The van der Waals surface area contributed by atoms with Gasteiger partial charge in [-0.1, -0.05) is 0 Å². The topological polar surface area (TPSA) is 44.1 Å². The molecule has 0 aromatic heterocycles. The average molecular weight is 218 g/mol. The van der Waals surface area contributed by atoms with E-state index >= 15 is 0 Å². The standard InChI is InChI=1S/C12H11FN2O/c13-10-3-4-12(9(6-10)7-14)15-5-1-2-11(16)8-15/h3-4,6H,1-2,5,8H2. The van der Waals surface area contributed by atoms with Gasteiger partial charge in [0.25, 0.3) is 0 Å². The highest BCUT2D eigenvalue weighted by atomic mass is 19.1. The molecule has 0 amide bonds. The molecule has 0 unspecified atom stereocenters. The molecule has 1 aromatic rings. The molecule has 0 N–H and O–H groups in total. The number of carbonyl (C=O) groups excluding carboxylic acids is 1. The molecule has 82 valence electrons. The fourth-order valence-corrected chi connectivity index (χ4v) is 1.92. The number of ketones is 1. The average Bonchev–Trinajstić information content (AvgIpc) is 2.28. The molecular weight excluding hydrogens is 207 g/mol. The third-order valence-electron chi connectivity index (χ3n) is 2.67. The summed E-state index contributed by atoms with van der Waals surface area (Å²) in [6.45, 7) is 1.06. The Balaban J connectivity index is 2.32. The zero-order valence-corrected chi connectivity index (χ0v) is 8.74. The highest BCUT2D eigenvalue weighted by Crippen LogP contribution is 2.23. The Kier molecular flexibility index (Phi) is 2.86. The molecule has 3 nitrogen and oxygen atoms in total. The fourth-order valence-electron chi connectivity index (χ4n) is 1.92. The third kappa shape index (κ3) is 2.03. The van der Waals surface area contributed by atoms with Crippen LogP contribution in [0.3, 0.4) is 0 Å². The van der Waals surface area contributed by atoms with Crippen molar-refractivity contribution in [2.24, 2.45) is 0 Å². The molecule has 1 saturated heterocycles. The van der Waals surface area contributed by atoms with Gasteiger partial charge in [-0.2, -0.15) is 5.26 Å². The highest BCUT2D eigenvalue weighted by Gasteiger charge is 2.19. The number of piperidine rings is 1. The number of nitriles is 1. The largest absolute Gasteiger partial charge is 0.363 e. The number of nitrogens with zero attached hydrogens (tertiary/aromatic N) is 2. The van der Waals surface area contributed by atoms with Crippen LogP contribution in [0.25, 0.3) is 0 Å². The summed E-state index contributed by atoms with van der Waals surface area (Å²) in [4.78, 5) is 13.2. The van der Waals surface area contributed by atoms with E-state index < -0.39 is 5.82 Å². The summed E-state index contributed by atoms with van der Waals surface area (Å²) in [6, 6.07) is 6.04. The Morgan fingerprint density at radius 2 is 2.25 bits per heavy atom. The Morgan fingerprint density at radius 3 is 2.94 bits per heavy atom. The van der Waals surface area contributed by atoms with E-state index in [1.165, 1.54) is 12.1 Å². The number of carbonyl (C=O) groups is 1. The summed E-state index contributed by atoms with van der Waals surface area (Å²) in [7, 11) is 0. The van der Waals surface area contributed by atoms with Crippen molar-refractivity contribution >= 4 is 11.5 Å². The van der Waals surface area contributed by atoms with E-state index in [0.717, 1.165) is 13.0 Å². The molecule has 0 radical (unpaired) electrons. The van der Waals surface area contributed by atoms with Crippen molar-refractivity contribution in [3.8, 4) is 6.07 Å². The predicted octanol–water partition coefficient (Wildman–Crippen LogP) is 1.87. The first-order valence-electron chi connectivity index (χ1n) is 5.17. The van der Waals surface area contributed by atoms with Crippen molar-refractivity contribution < 1.29 is 9.18 Å². The van der Waals surface area contributed by atoms with Crippen molar-refractivity contribution in [2.75, 3.05) is 18.0 Å². The van der Waals surface area contributed by atoms with Crippen LogP contribution in [0.5, 0.6) is 0 Å². The van der Waals surface area contributed by atoms with E-state index in [9.17, 15) is 9.18 Å². The molecule has 1 aliphatic rings. The smallest absolute Gasteiger partial charge is 0.152 e. The van der Waals surface area contributed by atoms with E-state index in [1.807, 2.05) is 11.0 Å². The summed E-state index contributed by atoms with van der Waals surface area (Å²) >= 11 is 0. The summed E-state index contributed by atoms with van der Waals surface area (Å²) in [6.07, 6.45) is 1.39. The van der Waals surface area contributed by atoms with Gasteiger partial charge in [-0.15, -0.1) is 0 Å². The van der Waals surface area contributed by atoms with Gasteiger partial charge in [0.15, 0.2) is 5.78 Å². The summed E-state index contributed by atoms with van der Waals surface area (Å²) in [5.74, 6) is -0.261. The second-order valence-corrected chi connectivity index (χ2v) is 3.84. The summed E-state index contributed by atoms with van der Waals surface area (Å²) in [5, 5.41) is 8.91. The lowest BCUT2D eigenvalue weighted by atomic mass is 10.1. The maximum atomic E-state index is 12.9. The first-order valence-corrected chi connectivity index (χ1v) is 5.17. The van der Waals surface area contributed by atoms with Gasteiger partial charge in [0, 0.05) is 13.0 Å². The second kappa shape index (κ2) is 4.31. The zero-order valence-electron chi connectivity index (χ0n) is 8.74. The number of rotatable bonds is 1. The van der Waals surface area contributed by atoms with Crippen molar-refractivity contribution in [1.29, 1.82) is 5.26 Å². The summed E-state index contributed by atoms with van der Waals surface area (Å²) in [5.41, 5.74) is 0.937. The van der Waals surface area contributed by atoms with Crippen molar-refractivity contribution in [3.05, 3.63) is 29.6 Å². The molecule has 0 atom stereocenters. The number of halogens is 1.